The monoisotopic (exact) mass is 523 g/mol. The number of para-hydroxylation sites is 2. The number of nitrogens with zero attached hydrogens (tertiary/aromatic N) is 2. The molecular formula is C30H29N5O4. The number of anilines is 1. The third-order valence-electron chi connectivity index (χ3n) is 6.57. The molecule has 198 valence electrons. The molecule has 2 heterocycles. The molecule has 9 heteroatoms. The molecule has 2 aromatic heterocycles. The van der Waals surface area contributed by atoms with Gasteiger partial charge in [-0.2, -0.15) is 0 Å². The number of aromatic amines is 1. The smallest absolute Gasteiger partial charge is 0.326 e. The van der Waals surface area contributed by atoms with Crippen molar-refractivity contribution in [1.29, 1.82) is 0 Å². The number of imidazole rings is 1. The third kappa shape index (κ3) is 5.82. The second-order valence-electron chi connectivity index (χ2n) is 9.68. The molecular weight excluding hydrogens is 494 g/mol. The summed E-state index contributed by atoms with van der Waals surface area (Å²) in [5.74, 6) is -0.236. The lowest BCUT2D eigenvalue weighted by Gasteiger charge is -2.17. The number of carboxylic acid groups (broad SMARTS) is 1. The van der Waals surface area contributed by atoms with Crippen LogP contribution in [0.2, 0.25) is 0 Å². The number of aryl methyl sites for hydroxylation is 3. The molecule has 39 heavy (non-hydrogen) atoms. The Morgan fingerprint density at radius 1 is 1.00 bits per heavy atom. The van der Waals surface area contributed by atoms with Gasteiger partial charge in [-0.3, -0.25) is 4.79 Å². The van der Waals surface area contributed by atoms with Crippen LogP contribution in [0.15, 0.2) is 71.3 Å². The standard InChI is InChI=1S/C30H29N5O4/c1-17-12-18(2)27(19(3)13-17)28(36)32-25(29(37)38)14-20-8-10-21(11-9-20)26-15-22(35-39-26)16-31-30-33-23-6-4-5-7-24(23)34-30/h4-13,15,25H,14,16H2,1-3H3,(H,32,36)(H,37,38)(H2,31,33,34). The van der Waals surface area contributed by atoms with Crippen molar-refractivity contribution in [1.82, 2.24) is 20.4 Å². The molecule has 0 aliphatic heterocycles. The molecule has 9 nitrogen and oxygen atoms in total. The summed E-state index contributed by atoms with van der Waals surface area (Å²) in [6.07, 6.45) is 0.147. The molecule has 4 N–H and O–H groups in total. The van der Waals surface area contributed by atoms with E-state index in [1.807, 2.05) is 87.5 Å². The second kappa shape index (κ2) is 10.8. The number of hydrogen-bond acceptors (Lipinski definition) is 6. The first-order chi connectivity index (χ1) is 18.8. The fourth-order valence-corrected chi connectivity index (χ4v) is 4.75. The molecule has 1 unspecified atom stereocenters. The van der Waals surface area contributed by atoms with Crippen LogP contribution in [0.1, 0.15) is 38.3 Å². The highest BCUT2D eigenvalue weighted by molar-refractivity contribution is 5.99. The van der Waals surface area contributed by atoms with Gasteiger partial charge in [0.1, 0.15) is 11.7 Å². The Morgan fingerprint density at radius 2 is 1.72 bits per heavy atom. The van der Waals surface area contributed by atoms with E-state index in [0.717, 1.165) is 38.9 Å². The zero-order valence-electron chi connectivity index (χ0n) is 21.9. The van der Waals surface area contributed by atoms with Crippen molar-refractivity contribution in [3.63, 3.8) is 0 Å². The summed E-state index contributed by atoms with van der Waals surface area (Å²) in [5.41, 5.74) is 7.33. The van der Waals surface area contributed by atoms with E-state index in [-0.39, 0.29) is 12.3 Å². The van der Waals surface area contributed by atoms with Crippen molar-refractivity contribution in [2.24, 2.45) is 0 Å². The first-order valence-corrected chi connectivity index (χ1v) is 12.6. The van der Waals surface area contributed by atoms with Crippen LogP contribution in [0.4, 0.5) is 5.95 Å². The normalized spacial score (nSPS) is 11.9. The summed E-state index contributed by atoms with van der Waals surface area (Å²) in [5, 5.41) is 19.8. The van der Waals surface area contributed by atoms with Crippen LogP contribution >= 0.6 is 0 Å². The molecule has 0 spiro atoms. The lowest BCUT2D eigenvalue weighted by molar-refractivity contribution is -0.139. The molecule has 0 aliphatic carbocycles. The van der Waals surface area contributed by atoms with Crippen LogP contribution in [-0.4, -0.2) is 38.1 Å². The van der Waals surface area contributed by atoms with Gasteiger partial charge in [0.15, 0.2) is 5.76 Å². The van der Waals surface area contributed by atoms with Crippen LogP contribution in [0.3, 0.4) is 0 Å². The number of rotatable bonds is 9. The van der Waals surface area contributed by atoms with E-state index in [4.69, 9.17) is 4.52 Å². The SMILES string of the molecule is Cc1cc(C)c(C(=O)NC(Cc2ccc(-c3cc(CNc4nc5ccccc5[nH]4)no3)cc2)C(=O)O)c(C)c1. The van der Waals surface area contributed by atoms with Crippen molar-refractivity contribution in [3.8, 4) is 11.3 Å². The average Bonchev–Trinajstić information content (AvgIpc) is 3.54. The van der Waals surface area contributed by atoms with Crippen LogP contribution in [0.5, 0.6) is 0 Å². The lowest BCUT2D eigenvalue weighted by Crippen LogP contribution is -2.42. The summed E-state index contributed by atoms with van der Waals surface area (Å²) < 4.78 is 5.52. The molecule has 5 aromatic rings. The van der Waals surface area contributed by atoms with E-state index in [0.29, 0.717) is 29.5 Å². The number of amides is 1. The molecule has 1 atom stereocenters. The zero-order chi connectivity index (χ0) is 27.5. The number of benzene rings is 3. The predicted octanol–water partition coefficient (Wildman–Crippen LogP) is 5.18. The molecule has 0 saturated carbocycles. The van der Waals surface area contributed by atoms with Gasteiger partial charge in [0.25, 0.3) is 5.91 Å². The van der Waals surface area contributed by atoms with E-state index in [1.165, 1.54) is 0 Å². The molecule has 5 rings (SSSR count). The molecule has 0 bridgehead atoms. The number of aromatic nitrogens is 3. The lowest BCUT2D eigenvalue weighted by atomic mass is 9.98. The number of fused-ring (bicyclic) bond motifs is 1. The number of aliphatic carboxylic acids is 1. The molecule has 0 radical (unpaired) electrons. The first kappa shape index (κ1) is 25.7. The summed E-state index contributed by atoms with van der Waals surface area (Å²) in [7, 11) is 0. The summed E-state index contributed by atoms with van der Waals surface area (Å²) in [6.45, 7) is 6.10. The summed E-state index contributed by atoms with van der Waals surface area (Å²) >= 11 is 0. The van der Waals surface area contributed by atoms with E-state index >= 15 is 0 Å². The zero-order valence-corrected chi connectivity index (χ0v) is 21.9. The predicted molar refractivity (Wildman–Crippen MR) is 149 cm³/mol. The van der Waals surface area contributed by atoms with Gasteiger partial charge in [0.05, 0.1) is 17.6 Å². The average molecular weight is 524 g/mol. The minimum Gasteiger partial charge on any atom is -0.480 e. The Labute approximate surface area is 225 Å². The fraction of sp³-hybridized carbons (Fsp3) is 0.200. The number of carbonyl (C=O) groups is 2. The van der Waals surface area contributed by atoms with Crippen molar-refractivity contribution >= 4 is 28.9 Å². The van der Waals surface area contributed by atoms with Gasteiger partial charge in [-0.25, -0.2) is 9.78 Å². The topological polar surface area (TPSA) is 133 Å². The van der Waals surface area contributed by atoms with Gasteiger partial charge in [-0.1, -0.05) is 59.3 Å². The van der Waals surface area contributed by atoms with Gasteiger partial charge < -0.3 is 25.2 Å². The highest BCUT2D eigenvalue weighted by atomic mass is 16.5. The highest BCUT2D eigenvalue weighted by Crippen LogP contribution is 2.23. The quantitative estimate of drug-likeness (QED) is 0.209. The van der Waals surface area contributed by atoms with Gasteiger partial charge in [-0.15, -0.1) is 0 Å². The summed E-state index contributed by atoms with van der Waals surface area (Å²) in [4.78, 5) is 32.6. The first-order valence-electron chi connectivity index (χ1n) is 12.6. The minimum atomic E-state index is -1.09. The maximum atomic E-state index is 12.9. The fourth-order valence-electron chi connectivity index (χ4n) is 4.75. The number of H-pyrrole nitrogens is 1. The Kier molecular flexibility index (Phi) is 7.14. The van der Waals surface area contributed by atoms with Crippen molar-refractivity contribution in [2.45, 2.75) is 39.8 Å². The van der Waals surface area contributed by atoms with Crippen LogP contribution in [-0.2, 0) is 17.8 Å². The molecule has 0 aliphatic rings. The molecule has 1 amide bonds. The van der Waals surface area contributed by atoms with E-state index < -0.39 is 12.0 Å². The van der Waals surface area contributed by atoms with Crippen molar-refractivity contribution in [2.75, 3.05) is 5.32 Å². The number of hydrogen-bond donors (Lipinski definition) is 4. The minimum absolute atomic E-state index is 0.147. The van der Waals surface area contributed by atoms with Gasteiger partial charge in [0.2, 0.25) is 5.95 Å². The Hall–Kier alpha value is -4.92. The number of carbonyl (C=O) groups excluding carboxylic acids is 1. The second-order valence-corrected chi connectivity index (χ2v) is 9.68. The Bertz CT molecular complexity index is 1600. The van der Waals surface area contributed by atoms with Gasteiger partial charge in [-0.05, 0) is 49.6 Å². The van der Waals surface area contributed by atoms with Gasteiger partial charge >= 0.3 is 5.97 Å². The third-order valence-corrected chi connectivity index (χ3v) is 6.57. The van der Waals surface area contributed by atoms with E-state index in [2.05, 4.69) is 25.8 Å². The number of nitrogens with one attached hydrogen (secondary N) is 3. The highest BCUT2D eigenvalue weighted by Gasteiger charge is 2.23. The van der Waals surface area contributed by atoms with Crippen LogP contribution in [0, 0.1) is 20.8 Å². The summed E-state index contributed by atoms with van der Waals surface area (Å²) in [6, 6.07) is 19.8. The maximum Gasteiger partial charge on any atom is 0.326 e. The van der Waals surface area contributed by atoms with E-state index in [1.54, 1.807) is 0 Å². The largest absolute Gasteiger partial charge is 0.480 e. The molecule has 0 saturated heterocycles. The Morgan fingerprint density at radius 3 is 2.41 bits per heavy atom. The van der Waals surface area contributed by atoms with Crippen LogP contribution < -0.4 is 10.6 Å². The maximum absolute atomic E-state index is 12.9. The van der Waals surface area contributed by atoms with E-state index in [9.17, 15) is 14.7 Å². The van der Waals surface area contributed by atoms with Crippen LogP contribution in [0.25, 0.3) is 22.4 Å². The number of carboxylic acids is 1. The molecule has 0 fully saturated rings. The van der Waals surface area contributed by atoms with Crippen molar-refractivity contribution < 1.29 is 19.2 Å². The van der Waals surface area contributed by atoms with Gasteiger partial charge in [0, 0.05) is 23.6 Å². The van der Waals surface area contributed by atoms with Crippen molar-refractivity contribution in [3.05, 3.63) is 100 Å². The Balaban J connectivity index is 1.22. The molecule has 3 aromatic carbocycles.